The average Bonchev–Trinajstić information content (AvgIpc) is 2.39. The lowest BCUT2D eigenvalue weighted by Crippen LogP contribution is -2.04. The number of hydrogen-bond acceptors (Lipinski definition) is 5. The molecule has 0 aliphatic carbocycles. The second-order valence-corrected chi connectivity index (χ2v) is 3.76. The number of methoxy groups -OCH3 is 1. The third kappa shape index (κ3) is 2.20. The number of ether oxygens (including phenoxy) is 1. The van der Waals surface area contributed by atoms with E-state index < -0.39 is 0 Å². The summed E-state index contributed by atoms with van der Waals surface area (Å²) in [7, 11) is 3.16. The van der Waals surface area contributed by atoms with E-state index in [4.69, 9.17) is 5.73 Å². The molecule has 0 saturated heterocycles. The molecule has 0 unspecified atom stereocenters. The summed E-state index contributed by atoms with van der Waals surface area (Å²) in [4.78, 5) is 10.9. The zero-order valence-electron chi connectivity index (χ0n) is 8.40. The van der Waals surface area contributed by atoms with Gasteiger partial charge in [-0.3, -0.25) is 9.48 Å². The van der Waals surface area contributed by atoms with Crippen molar-refractivity contribution in [1.29, 1.82) is 0 Å². The van der Waals surface area contributed by atoms with Crippen molar-refractivity contribution in [1.82, 2.24) is 9.78 Å². The van der Waals surface area contributed by atoms with Crippen LogP contribution in [0.5, 0.6) is 0 Å². The van der Waals surface area contributed by atoms with Crippen molar-refractivity contribution >= 4 is 23.4 Å². The first-order valence-electron chi connectivity index (χ1n) is 4.05. The molecule has 0 atom stereocenters. The summed E-state index contributed by atoms with van der Waals surface area (Å²) in [5.41, 5.74) is 7.18. The van der Waals surface area contributed by atoms with Crippen molar-refractivity contribution in [2.45, 2.75) is 11.9 Å². The van der Waals surface area contributed by atoms with Crippen LogP contribution in [0.4, 0.5) is 5.69 Å². The van der Waals surface area contributed by atoms with Crippen LogP contribution in [0.1, 0.15) is 5.69 Å². The number of nitrogens with two attached hydrogens (primary N) is 1. The molecule has 0 bridgehead atoms. The van der Waals surface area contributed by atoms with Crippen LogP contribution in [0.3, 0.4) is 0 Å². The number of esters is 1. The number of anilines is 1. The smallest absolute Gasteiger partial charge is 0.316 e. The summed E-state index contributed by atoms with van der Waals surface area (Å²) in [6.45, 7) is 1.83. The van der Waals surface area contributed by atoms with Crippen LogP contribution in [0.25, 0.3) is 0 Å². The van der Waals surface area contributed by atoms with Gasteiger partial charge in [-0.25, -0.2) is 0 Å². The molecule has 0 aliphatic heterocycles. The number of rotatable bonds is 3. The van der Waals surface area contributed by atoms with E-state index in [0.717, 1.165) is 10.7 Å². The van der Waals surface area contributed by atoms with Crippen molar-refractivity contribution in [3.8, 4) is 0 Å². The topological polar surface area (TPSA) is 70.1 Å². The molecule has 1 rings (SSSR count). The second kappa shape index (κ2) is 4.36. The summed E-state index contributed by atoms with van der Waals surface area (Å²) >= 11 is 1.33. The Bertz CT molecular complexity index is 349. The van der Waals surface area contributed by atoms with E-state index in [2.05, 4.69) is 9.84 Å². The maximum atomic E-state index is 10.9. The molecule has 78 valence electrons. The Morgan fingerprint density at radius 2 is 2.36 bits per heavy atom. The molecular formula is C8H13N3O2S. The first-order chi connectivity index (χ1) is 6.56. The van der Waals surface area contributed by atoms with Gasteiger partial charge in [0.1, 0.15) is 5.03 Å². The largest absolute Gasteiger partial charge is 0.468 e. The van der Waals surface area contributed by atoms with Gasteiger partial charge in [-0.2, -0.15) is 5.10 Å². The molecular weight excluding hydrogens is 202 g/mol. The third-order valence-electron chi connectivity index (χ3n) is 1.77. The van der Waals surface area contributed by atoms with Crippen LogP contribution in [-0.2, 0) is 16.6 Å². The number of thioether (sulfide) groups is 1. The Hall–Kier alpha value is -1.17. The molecule has 0 aromatic carbocycles. The molecule has 0 saturated carbocycles. The lowest BCUT2D eigenvalue weighted by molar-refractivity contribution is -0.137. The van der Waals surface area contributed by atoms with Crippen LogP contribution in [0, 0.1) is 6.92 Å². The van der Waals surface area contributed by atoms with Crippen molar-refractivity contribution < 1.29 is 9.53 Å². The predicted octanol–water partition coefficient (Wildman–Crippen LogP) is 0.576. The molecule has 1 heterocycles. The fraction of sp³-hybridized carbons (Fsp3) is 0.500. The summed E-state index contributed by atoms with van der Waals surface area (Å²) in [6.07, 6.45) is 0. The molecule has 0 spiro atoms. The Kier molecular flexibility index (Phi) is 3.40. The van der Waals surface area contributed by atoms with Gasteiger partial charge in [0.05, 0.1) is 24.2 Å². The summed E-state index contributed by atoms with van der Waals surface area (Å²) in [5.74, 6) is -0.0205. The number of nitrogen functional groups attached to an aromatic ring is 1. The molecule has 0 aliphatic rings. The predicted molar refractivity (Wildman–Crippen MR) is 55.1 cm³/mol. The van der Waals surface area contributed by atoms with Crippen LogP contribution in [0.15, 0.2) is 5.03 Å². The molecule has 0 fully saturated rings. The Morgan fingerprint density at radius 3 is 2.79 bits per heavy atom. The minimum absolute atomic E-state index is 0.250. The van der Waals surface area contributed by atoms with Gasteiger partial charge < -0.3 is 10.5 Å². The Labute approximate surface area is 86.6 Å². The summed E-state index contributed by atoms with van der Waals surface area (Å²) in [5, 5.41) is 4.93. The fourth-order valence-electron chi connectivity index (χ4n) is 1.01. The average molecular weight is 215 g/mol. The van der Waals surface area contributed by atoms with E-state index in [9.17, 15) is 4.79 Å². The zero-order chi connectivity index (χ0) is 10.7. The normalized spacial score (nSPS) is 10.2. The Balaban J connectivity index is 2.71. The van der Waals surface area contributed by atoms with Gasteiger partial charge in [-0.05, 0) is 6.92 Å². The molecule has 1 aromatic rings. The highest BCUT2D eigenvalue weighted by Crippen LogP contribution is 2.26. The first-order valence-corrected chi connectivity index (χ1v) is 5.03. The van der Waals surface area contributed by atoms with Gasteiger partial charge in [0, 0.05) is 7.05 Å². The van der Waals surface area contributed by atoms with Gasteiger partial charge >= 0.3 is 5.97 Å². The van der Waals surface area contributed by atoms with E-state index in [0.29, 0.717) is 5.69 Å². The van der Waals surface area contributed by atoms with Crippen molar-refractivity contribution in [2.75, 3.05) is 18.6 Å². The lowest BCUT2D eigenvalue weighted by atomic mass is 10.4. The van der Waals surface area contributed by atoms with E-state index in [-0.39, 0.29) is 11.7 Å². The quantitative estimate of drug-likeness (QED) is 0.590. The van der Waals surface area contributed by atoms with Crippen LogP contribution >= 0.6 is 11.8 Å². The first kappa shape index (κ1) is 10.9. The standard InChI is InChI=1S/C8H13N3O2S/c1-5-7(9)8(11(2)10-5)14-4-6(12)13-3/h4,9H2,1-3H3. The minimum Gasteiger partial charge on any atom is -0.468 e. The SMILES string of the molecule is COC(=O)CSc1c(N)c(C)nn1C. The minimum atomic E-state index is -0.270. The Morgan fingerprint density at radius 1 is 1.71 bits per heavy atom. The lowest BCUT2D eigenvalue weighted by Gasteiger charge is -2.01. The molecule has 0 amide bonds. The molecule has 2 N–H and O–H groups in total. The van der Waals surface area contributed by atoms with Crippen LogP contribution < -0.4 is 5.73 Å². The number of carbonyl (C=O) groups excluding carboxylic acids is 1. The highest BCUT2D eigenvalue weighted by atomic mass is 32.2. The molecule has 6 heteroatoms. The maximum absolute atomic E-state index is 10.9. The zero-order valence-corrected chi connectivity index (χ0v) is 9.22. The van der Waals surface area contributed by atoms with Crippen LogP contribution in [-0.4, -0.2) is 28.6 Å². The van der Waals surface area contributed by atoms with E-state index in [1.165, 1.54) is 18.9 Å². The van der Waals surface area contributed by atoms with Crippen molar-refractivity contribution in [2.24, 2.45) is 7.05 Å². The van der Waals surface area contributed by atoms with Gasteiger partial charge in [0.15, 0.2) is 0 Å². The maximum Gasteiger partial charge on any atom is 0.316 e. The highest BCUT2D eigenvalue weighted by molar-refractivity contribution is 8.00. The summed E-state index contributed by atoms with van der Waals surface area (Å²) in [6, 6.07) is 0. The van der Waals surface area contributed by atoms with E-state index in [1.807, 2.05) is 6.92 Å². The monoisotopic (exact) mass is 215 g/mol. The van der Waals surface area contributed by atoms with Gasteiger partial charge in [0.25, 0.3) is 0 Å². The van der Waals surface area contributed by atoms with Gasteiger partial charge in [-0.1, -0.05) is 11.8 Å². The van der Waals surface area contributed by atoms with E-state index >= 15 is 0 Å². The fourth-order valence-corrected chi connectivity index (χ4v) is 1.91. The van der Waals surface area contributed by atoms with E-state index in [1.54, 1.807) is 11.7 Å². The highest BCUT2D eigenvalue weighted by Gasteiger charge is 2.12. The third-order valence-corrected chi connectivity index (χ3v) is 2.91. The number of carbonyl (C=O) groups is 1. The number of aromatic nitrogens is 2. The molecule has 1 aromatic heterocycles. The molecule has 5 nitrogen and oxygen atoms in total. The molecule has 14 heavy (non-hydrogen) atoms. The van der Waals surface area contributed by atoms with Gasteiger partial charge in [-0.15, -0.1) is 0 Å². The van der Waals surface area contributed by atoms with Crippen molar-refractivity contribution in [3.05, 3.63) is 5.69 Å². The number of hydrogen-bond donors (Lipinski definition) is 1. The number of aryl methyl sites for hydroxylation is 2. The number of nitrogens with zero attached hydrogens (tertiary/aromatic N) is 2. The second-order valence-electron chi connectivity index (χ2n) is 2.79. The van der Waals surface area contributed by atoms with Crippen LogP contribution in [0.2, 0.25) is 0 Å². The van der Waals surface area contributed by atoms with Gasteiger partial charge in [0.2, 0.25) is 0 Å². The summed E-state index contributed by atoms with van der Waals surface area (Å²) < 4.78 is 6.19. The van der Waals surface area contributed by atoms with Crippen molar-refractivity contribution in [3.63, 3.8) is 0 Å². The molecule has 0 radical (unpaired) electrons.